The summed E-state index contributed by atoms with van der Waals surface area (Å²) in [5, 5.41) is 1.12. The van der Waals surface area contributed by atoms with Crippen LogP contribution in [-0.4, -0.2) is 4.98 Å². The summed E-state index contributed by atoms with van der Waals surface area (Å²) in [6, 6.07) is 16.4. The van der Waals surface area contributed by atoms with Gasteiger partial charge < -0.3 is 0 Å². The Balaban J connectivity index is 2.09. The fourth-order valence-electron chi connectivity index (χ4n) is 2.49. The van der Waals surface area contributed by atoms with Gasteiger partial charge in [-0.2, -0.15) is 0 Å². The number of hydrogen-bond acceptors (Lipinski definition) is 3. The minimum absolute atomic E-state index is 0.0774. The van der Waals surface area contributed by atoms with Crippen LogP contribution in [0.1, 0.15) is 22.7 Å². The van der Waals surface area contributed by atoms with E-state index in [0.29, 0.717) is 0 Å². The first kappa shape index (κ1) is 14.2. The van der Waals surface area contributed by atoms with Crippen molar-refractivity contribution in [3.05, 3.63) is 75.9 Å². The van der Waals surface area contributed by atoms with Crippen LogP contribution in [0.2, 0.25) is 0 Å². The highest BCUT2D eigenvalue weighted by Gasteiger charge is 2.16. The van der Waals surface area contributed by atoms with Crippen LogP contribution in [-0.2, 0) is 0 Å². The van der Waals surface area contributed by atoms with E-state index in [1.54, 1.807) is 6.20 Å². The maximum Gasteiger partial charge on any atom is 0.0721 e. The topological polar surface area (TPSA) is 50.9 Å². The zero-order valence-corrected chi connectivity index (χ0v) is 13.3. The number of hydrazine groups is 1. The standard InChI is InChI=1S/C17H16BrN3/c1-11-4-7-14(15(18)9-11)17(21-19)13-6-5-12-3-2-8-20-16(12)10-13/h2-10,17,21H,19H2,1H3. The van der Waals surface area contributed by atoms with Crippen molar-refractivity contribution >= 4 is 26.8 Å². The summed E-state index contributed by atoms with van der Waals surface area (Å²) in [6.45, 7) is 2.07. The molecule has 1 heterocycles. The van der Waals surface area contributed by atoms with Crippen LogP contribution < -0.4 is 11.3 Å². The highest BCUT2D eigenvalue weighted by molar-refractivity contribution is 9.10. The number of nitrogens with one attached hydrogen (secondary N) is 1. The van der Waals surface area contributed by atoms with E-state index in [9.17, 15) is 0 Å². The van der Waals surface area contributed by atoms with Gasteiger partial charge in [0.2, 0.25) is 0 Å². The van der Waals surface area contributed by atoms with E-state index in [1.807, 2.05) is 6.07 Å². The van der Waals surface area contributed by atoms with Crippen LogP contribution in [0.4, 0.5) is 0 Å². The summed E-state index contributed by atoms with van der Waals surface area (Å²) in [7, 11) is 0. The fourth-order valence-corrected chi connectivity index (χ4v) is 3.22. The summed E-state index contributed by atoms with van der Waals surface area (Å²) in [6.07, 6.45) is 1.80. The summed E-state index contributed by atoms with van der Waals surface area (Å²) < 4.78 is 1.05. The first-order chi connectivity index (χ1) is 10.2. The van der Waals surface area contributed by atoms with Crippen LogP contribution in [0.5, 0.6) is 0 Å². The molecule has 0 spiro atoms. The van der Waals surface area contributed by atoms with Crippen LogP contribution in [0.25, 0.3) is 10.9 Å². The largest absolute Gasteiger partial charge is 0.271 e. The number of pyridine rings is 1. The van der Waals surface area contributed by atoms with E-state index in [2.05, 4.69) is 75.7 Å². The van der Waals surface area contributed by atoms with Gasteiger partial charge in [0.1, 0.15) is 0 Å². The molecule has 2 aromatic carbocycles. The number of rotatable bonds is 3. The van der Waals surface area contributed by atoms with Gasteiger partial charge in [-0.15, -0.1) is 0 Å². The second-order valence-electron chi connectivity index (χ2n) is 5.08. The van der Waals surface area contributed by atoms with Gasteiger partial charge in [0.25, 0.3) is 0 Å². The molecule has 0 fully saturated rings. The third kappa shape index (κ3) is 2.83. The Bertz CT molecular complexity index is 786. The third-order valence-electron chi connectivity index (χ3n) is 3.60. The summed E-state index contributed by atoms with van der Waals surface area (Å²) in [4.78, 5) is 4.41. The van der Waals surface area contributed by atoms with Crippen molar-refractivity contribution in [2.75, 3.05) is 0 Å². The second kappa shape index (κ2) is 5.93. The molecule has 0 saturated carbocycles. The number of halogens is 1. The van der Waals surface area contributed by atoms with E-state index in [0.717, 1.165) is 26.5 Å². The number of nitrogens with zero attached hydrogens (tertiary/aromatic N) is 1. The van der Waals surface area contributed by atoms with Crippen LogP contribution in [0.15, 0.2) is 59.2 Å². The maximum absolute atomic E-state index is 5.80. The quantitative estimate of drug-likeness (QED) is 0.561. The molecule has 3 nitrogen and oxygen atoms in total. The normalized spacial score (nSPS) is 12.5. The van der Waals surface area contributed by atoms with E-state index in [4.69, 9.17) is 5.84 Å². The minimum atomic E-state index is -0.0774. The van der Waals surface area contributed by atoms with Crippen molar-refractivity contribution in [1.29, 1.82) is 0 Å². The predicted molar refractivity (Wildman–Crippen MR) is 89.8 cm³/mol. The molecule has 3 aromatic rings. The Labute approximate surface area is 132 Å². The Kier molecular flexibility index (Phi) is 4.01. The summed E-state index contributed by atoms with van der Waals surface area (Å²) in [5.74, 6) is 5.80. The molecule has 0 bridgehead atoms. The number of aryl methyl sites for hydroxylation is 1. The second-order valence-corrected chi connectivity index (χ2v) is 5.93. The zero-order chi connectivity index (χ0) is 14.8. The molecule has 3 rings (SSSR count). The highest BCUT2D eigenvalue weighted by Crippen LogP contribution is 2.30. The van der Waals surface area contributed by atoms with Crippen molar-refractivity contribution in [2.45, 2.75) is 13.0 Å². The lowest BCUT2D eigenvalue weighted by atomic mass is 9.97. The molecule has 106 valence electrons. The van der Waals surface area contributed by atoms with Gasteiger partial charge in [0.15, 0.2) is 0 Å². The Morgan fingerprint density at radius 1 is 1.14 bits per heavy atom. The van der Waals surface area contributed by atoms with E-state index >= 15 is 0 Å². The van der Waals surface area contributed by atoms with Gasteiger partial charge in [0.05, 0.1) is 11.6 Å². The Morgan fingerprint density at radius 3 is 2.76 bits per heavy atom. The number of nitrogens with two attached hydrogens (primary N) is 1. The van der Waals surface area contributed by atoms with E-state index in [1.165, 1.54) is 5.56 Å². The van der Waals surface area contributed by atoms with Crippen molar-refractivity contribution < 1.29 is 0 Å². The number of hydrogen-bond donors (Lipinski definition) is 2. The number of aromatic nitrogens is 1. The van der Waals surface area contributed by atoms with Gasteiger partial charge in [0, 0.05) is 16.1 Å². The van der Waals surface area contributed by atoms with Crippen LogP contribution in [0.3, 0.4) is 0 Å². The number of fused-ring (bicyclic) bond motifs is 1. The smallest absolute Gasteiger partial charge is 0.0721 e. The molecule has 0 radical (unpaired) electrons. The molecule has 0 saturated heterocycles. The molecular formula is C17H16BrN3. The van der Waals surface area contributed by atoms with Crippen LogP contribution >= 0.6 is 15.9 Å². The molecule has 1 aromatic heterocycles. The van der Waals surface area contributed by atoms with Crippen molar-refractivity contribution in [3.8, 4) is 0 Å². The molecule has 4 heteroatoms. The maximum atomic E-state index is 5.80. The third-order valence-corrected chi connectivity index (χ3v) is 4.28. The van der Waals surface area contributed by atoms with Gasteiger partial charge in [-0.1, -0.05) is 46.3 Å². The van der Waals surface area contributed by atoms with Crippen molar-refractivity contribution in [1.82, 2.24) is 10.4 Å². The van der Waals surface area contributed by atoms with E-state index in [-0.39, 0.29) is 6.04 Å². The lowest BCUT2D eigenvalue weighted by molar-refractivity contribution is 0.635. The molecule has 21 heavy (non-hydrogen) atoms. The predicted octanol–water partition coefficient (Wildman–Crippen LogP) is 3.86. The average Bonchev–Trinajstić information content (AvgIpc) is 2.50. The first-order valence-corrected chi connectivity index (χ1v) is 7.55. The monoisotopic (exact) mass is 341 g/mol. The van der Waals surface area contributed by atoms with E-state index < -0.39 is 0 Å². The van der Waals surface area contributed by atoms with Crippen molar-refractivity contribution in [2.24, 2.45) is 5.84 Å². The molecule has 0 aliphatic heterocycles. The molecule has 1 unspecified atom stereocenters. The molecule has 3 N–H and O–H groups in total. The molecule has 1 atom stereocenters. The molecule has 0 aliphatic carbocycles. The fraction of sp³-hybridized carbons (Fsp3) is 0.118. The van der Waals surface area contributed by atoms with Crippen molar-refractivity contribution in [3.63, 3.8) is 0 Å². The lowest BCUT2D eigenvalue weighted by Crippen LogP contribution is -2.29. The summed E-state index contributed by atoms with van der Waals surface area (Å²) >= 11 is 3.62. The van der Waals surface area contributed by atoms with Crippen LogP contribution in [0, 0.1) is 6.92 Å². The Hall–Kier alpha value is -1.75. The first-order valence-electron chi connectivity index (χ1n) is 6.76. The summed E-state index contributed by atoms with van der Waals surface area (Å²) in [5.41, 5.74) is 7.28. The zero-order valence-electron chi connectivity index (χ0n) is 11.7. The number of benzene rings is 2. The SMILES string of the molecule is Cc1ccc(C(NN)c2ccc3cccnc3c2)c(Br)c1. The lowest BCUT2D eigenvalue weighted by Gasteiger charge is -2.19. The molecule has 0 amide bonds. The highest BCUT2D eigenvalue weighted by atomic mass is 79.9. The van der Waals surface area contributed by atoms with Gasteiger partial charge in [-0.3, -0.25) is 10.8 Å². The van der Waals surface area contributed by atoms with Gasteiger partial charge >= 0.3 is 0 Å². The average molecular weight is 342 g/mol. The Morgan fingerprint density at radius 2 is 2.00 bits per heavy atom. The van der Waals surface area contributed by atoms with Gasteiger partial charge in [-0.25, -0.2) is 5.43 Å². The molecular weight excluding hydrogens is 326 g/mol. The van der Waals surface area contributed by atoms with Gasteiger partial charge in [-0.05, 0) is 41.8 Å². The minimum Gasteiger partial charge on any atom is -0.271 e. The molecule has 0 aliphatic rings.